The van der Waals surface area contributed by atoms with E-state index in [1.165, 1.54) is 34.6 Å². The van der Waals surface area contributed by atoms with Crippen molar-refractivity contribution in [1.29, 1.82) is 0 Å². The predicted molar refractivity (Wildman–Crippen MR) is 302 cm³/mol. The molecule has 5 fully saturated rings. The molecule has 5 aliphatic rings. The van der Waals surface area contributed by atoms with Gasteiger partial charge in [0, 0.05) is 26.9 Å². The number of rotatable bonds is 21. The number of carbonyl (C=O) groups excluding carboxylic acids is 6. The van der Waals surface area contributed by atoms with Crippen molar-refractivity contribution in [2.24, 2.45) is 29.6 Å². The quantitative estimate of drug-likeness (QED) is 0.0353. The second kappa shape index (κ2) is 36.2. The van der Waals surface area contributed by atoms with E-state index in [4.69, 9.17) is 14.9 Å². The zero-order chi connectivity index (χ0) is 85.4. The Balaban J connectivity index is 0.000000676. The summed E-state index contributed by atoms with van der Waals surface area (Å²) in [6, 6.07) is 0. The molecule has 5 heterocycles. The van der Waals surface area contributed by atoms with Crippen molar-refractivity contribution in [3.63, 3.8) is 0 Å². The molecule has 5 aliphatic heterocycles. The summed E-state index contributed by atoms with van der Waals surface area (Å²) in [7, 11) is 0.744. The maximum Gasteiger partial charge on any atom is 0.449 e. The number of aliphatic hydroxyl groups excluding tert-OH is 1. The van der Waals surface area contributed by atoms with Gasteiger partial charge in [0.25, 0.3) is 0 Å². The molecule has 0 amide bonds. The standard InChI is InChI=1S/C13H17F5O6.C12H17F5O5.C12H17F5O4.C11H15F5O5.C11H15F5O4/c1-4-6(2)10(20)22-5-8-9(23-7(3)19)11(14,15)12(21,24-8)13(16,17)18;1-4-6(2)9(18)21-5-7-8(20-3)10(13,14)11(19,22-7)12(15,16)17;1-4-7(2)8(18)20-6-9(3)5-10(13,14)11(19,21-9)12(15,16)17;1-3-5(2)8(18)20-4-6-7(17)9(12,13)10(19,21-6)11(14,15)16;1-3-6(2)8(17)20-7-4-5-19-10(18,9(7,12)13)11(14,15)16/h6,8-9,21H,4-5H2,1-3H3;6-8,19H,4-5H2,1-3H3;7,19H,4-6H2,1-3H3;5-7,17,19H,3-4H2,1-2H3;6-7,18H,3-5H2,1-2H3. The molecule has 0 bridgehead atoms. The van der Waals surface area contributed by atoms with E-state index < -0.39 is 249 Å². The highest BCUT2D eigenvalue weighted by molar-refractivity contribution is 5.73. The fraction of sp³-hybridized carbons (Fsp3) is 0.898. The molecule has 18 atom stereocenters. The van der Waals surface area contributed by atoms with Crippen LogP contribution in [0.25, 0.3) is 0 Å². The lowest BCUT2D eigenvalue weighted by molar-refractivity contribution is -0.455. The zero-order valence-electron chi connectivity index (χ0n) is 58.9. The van der Waals surface area contributed by atoms with Crippen LogP contribution in [0, 0.1) is 29.6 Å². The van der Waals surface area contributed by atoms with Gasteiger partial charge in [-0.1, -0.05) is 69.2 Å². The normalized spacial score (nSPS) is 32.5. The van der Waals surface area contributed by atoms with Crippen molar-refractivity contribution in [2.75, 3.05) is 40.1 Å². The van der Waals surface area contributed by atoms with Crippen LogP contribution in [0.5, 0.6) is 0 Å². The minimum Gasteiger partial charge on any atom is -0.463 e. The Morgan fingerprint density at radius 1 is 0.435 bits per heavy atom. The van der Waals surface area contributed by atoms with Crippen molar-refractivity contribution in [3.8, 4) is 0 Å². The lowest BCUT2D eigenvalue weighted by atomic mass is 9.96. The molecule has 49 heteroatoms. The smallest absolute Gasteiger partial charge is 0.449 e. The van der Waals surface area contributed by atoms with E-state index in [1.807, 2.05) is 0 Å². The second-order valence-electron chi connectivity index (χ2n) is 25.3. The number of hydrogen-bond acceptors (Lipinski definition) is 24. The first-order valence-electron chi connectivity index (χ1n) is 31.8. The molecule has 0 saturated carbocycles. The van der Waals surface area contributed by atoms with Gasteiger partial charge in [0.2, 0.25) is 6.10 Å². The maximum atomic E-state index is 14.0. The van der Waals surface area contributed by atoms with Crippen LogP contribution in [-0.2, 0) is 85.6 Å². The van der Waals surface area contributed by atoms with Crippen LogP contribution in [0.2, 0.25) is 0 Å². The van der Waals surface area contributed by atoms with E-state index in [9.17, 15) is 159 Å². The van der Waals surface area contributed by atoms with Crippen LogP contribution in [0.4, 0.5) is 110 Å². The van der Waals surface area contributed by atoms with Gasteiger partial charge >= 0.3 is 125 Å². The van der Waals surface area contributed by atoms with Crippen LogP contribution >= 0.6 is 0 Å². The lowest BCUT2D eigenvalue weighted by Crippen LogP contribution is -2.68. The molecule has 108 heavy (non-hydrogen) atoms. The largest absolute Gasteiger partial charge is 0.463 e. The van der Waals surface area contributed by atoms with Gasteiger partial charge in [0.05, 0.1) is 36.2 Å². The Morgan fingerprint density at radius 2 is 0.741 bits per heavy atom. The first kappa shape index (κ1) is 101. The first-order chi connectivity index (χ1) is 48.3. The Morgan fingerprint density at radius 3 is 1.06 bits per heavy atom. The summed E-state index contributed by atoms with van der Waals surface area (Å²) in [5.74, 6) is -56.2. The molecule has 6 N–H and O–H groups in total. The average molecular weight is 1650 g/mol. The van der Waals surface area contributed by atoms with Crippen LogP contribution < -0.4 is 0 Å². The van der Waals surface area contributed by atoms with Crippen molar-refractivity contribution >= 4 is 35.8 Å². The van der Waals surface area contributed by atoms with Crippen molar-refractivity contribution < 1.29 is 226 Å². The molecule has 5 rings (SSSR count). The zero-order valence-corrected chi connectivity index (χ0v) is 58.9. The molecule has 0 aliphatic carbocycles. The van der Waals surface area contributed by atoms with Gasteiger partial charge in [0.15, 0.2) is 18.3 Å². The molecule has 0 spiro atoms. The third kappa shape index (κ3) is 21.5. The molecule has 0 aromatic heterocycles. The molecule has 24 nitrogen and oxygen atoms in total. The van der Waals surface area contributed by atoms with Gasteiger partial charge in [-0.15, -0.1) is 0 Å². The van der Waals surface area contributed by atoms with Crippen molar-refractivity contribution in [3.05, 3.63) is 0 Å². The summed E-state index contributed by atoms with van der Waals surface area (Å²) >= 11 is 0. The number of methoxy groups -OCH3 is 1. The van der Waals surface area contributed by atoms with Crippen LogP contribution in [0.1, 0.15) is 128 Å². The van der Waals surface area contributed by atoms with Gasteiger partial charge in [-0.2, -0.15) is 101 Å². The van der Waals surface area contributed by atoms with Crippen LogP contribution in [-0.4, -0.2) is 244 Å². The number of esters is 6. The Bertz CT molecular complexity index is 2960. The Kier molecular flexibility index (Phi) is 33.7. The Labute approximate surface area is 596 Å². The van der Waals surface area contributed by atoms with Gasteiger partial charge in [-0.05, 0) is 39.0 Å². The number of ether oxygens (including phenoxy) is 12. The fourth-order valence-electron chi connectivity index (χ4n) is 9.12. The van der Waals surface area contributed by atoms with E-state index >= 15 is 0 Å². The summed E-state index contributed by atoms with van der Waals surface area (Å²) in [5.41, 5.74) is -2.13. The number of aliphatic hydroxyl groups is 6. The van der Waals surface area contributed by atoms with Gasteiger partial charge in [-0.3, -0.25) is 28.8 Å². The van der Waals surface area contributed by atoms with Gasteiger partial charge < -0.3 is 87.5 Å². The van der Waals surface area contributed by atoms with Crippen molar-refractivity contribution in [2.45, 2.75) is 266 Å². The molecule has 0 radical (unpaired) electrons. The second-order valence-corrected chi connectivity index (χ2v) is 25.3. The molecule has 0 aromatic carbocycles. The van der Waals surface area contributed by atoms with Gasteiger partial charge in [-0.25, -0.2) is 8.78 Å². The number of alkyl halides is 25. The molecular formula is C59H81F25O24. The van der Waals surface area contributed by atoms with Gasteiger partial charge in [0.1, 0.15) is 50.3 Å². The van der Waals surface area contributed by atoms with Crippen molar-refractivity contribution in [1.82, 2.24) is 0 Å². The molecular weight excluding hydrogens is 1570 g/mol. The van der Waals surface area contributed by atoms with E-state index in [2.05, 4.69) is 52.1 Å². The summed E-state index contributed by atoms with van der Waals surface area (Å²) in [6.45, 7) is 12.7. The topological polar surface area (TPSA) is 335 Å². The van der Waals surface area contributed by atoms with E-state index in [0.29, 0.717) is 32.6 Å². The third-order valence-corrected chi connectivity index (χ3v) is 17.0. The van der Waals surface area contributed by atoms with E-state index in [0.717, 1.165) is 14.0 Å². The minimum absolute atomic E-state index is 0.289. The fourth-order valence-corrected chi connectivity index (χ4v) is 9.12. The number of carbonyl (C=O) groups is 6. The number of hydrogen-bond donors (Lipinski definition) is 6. The summed E-state index contributed by atoms with van der Waals surface area (Å²) in [4.78, 5) is 68.1. The molecule has 0 aromatic rings. The van der Waals surface area contributed by atoms with E-state index in [-0.39, 0.29) is 6.42 Å². The monoisotopic (exact) mass is 1650 g/mol. The molecule has 5 saturated heterocycles. The molecule has 636 valence electrons. The highest BCUT2D eigenvalue weighted by atomic mass is 19.4. The molecule has 18 unspecified atom stereocenters. The predicted octanol–water partition coefficient (Wildman–Crippen LogP) is 9.78. The van der Waals surface area contributed by atoms with Crippen LogP contribution in [0.3, 0.4) is 0 Å². The average Bonchev–Trinajstić information content (AvgIpc) is 1.47. The van der Waals surface area contributed by atoms with Crippen LogP contribution in [0.15, 0.2) is 0 Å². The Hall–Kier alpha value is -5.41. The minimum atomic E-state index is -5.87. The third-order valence-electron chi connectivity index (χ3n) is 17.0. The maximum absolute atomic E-state index is 14.0. The summed E-state index contributed by atoms with van der Waals surface area (Å²) in [5, 5.41) is 55.0. The number of halogens is 25. The first-order valence-corrected chi connectivity index (χ1v) is 31.8. The SMILES string of the molecule is CCC(C)C(=O)OC1CCOC(O)(C(F)(F)F)C1(F)F.CCC(C)C(=O)OCC1(C)CC(F)(F)C(O)(C(F)(F)F)O1.CCC(C)C(=O)OCC1OC(O)(C(F)(F)F)C(F)(F)C1O.CCC(C)C(=O)OCC1OC(O)(C(F)(F)F)C(F)(F)C1OC.CCC(C)C(=O)OCC1OC(O)(C(F)(F)F)C(F)(F)C1OC(C)=O. The summed E-state index contributed by atoms with van der Waals surface area (Å²) < 4.78 is 378. The highest BCUT2D eigenvalue weighted by Crippen LogP contribution is 2.57. The highest BCUT2D eigenvalue weighted by Gasteiger charge is 2.84. The lowest BCUT2D eigenvalue weighted by Gasteiger charge is -2.43. The van der Waals surface area contributed by atoms with E-state index in [1.54, 1.807) is 34.6 Å². The summed E-state index contributed by atoms with van der Waals surface area (Å²) in [6.07, 6.45) is -45.9.